The summed E-state index contributed by atoms with van der Waals surface area (Å²) >= 11 is 6.02. The zero-order valence-corrected chi connectivity index (χ0v) is 11.2. The predicted octanol–water partition coefficient (Wildman–Crippen LogP) is 4.11. The molecule has 0 aliphatic heterocycles. The van der Waals surface area contributed by atoms with E-state index in [0.717, 1.165) is 5.56 Å². The summed E-state index contributed by atoms with van der Waals surface area (Å²) in [6, 6.07) is 11.4. The molecule has 0 amide bonds. The minimum Gasteiger partial charge on any atom is -0.488 e. The van der Waals surface area contributed by atoms with Gasteiger partial charge in [0, 0.05) is 22.2 Å². The summed E-state index contributed by atoms with van der Waals surface area (Å²) in [5.41, 5.74) is 1.36. The van der Waals surface area contributed by atoms with Gasteiger partial charge in [0.2, 0.25) is 0 Å². The Bertz CT molecular complexity index is 570. The number of hydrogen-bond donors (Lipinski definition) is 1. The molecule has 0 saturated heterocycles. The molecule has 0 aromatic heterocycles. The molecule has 100 valence electrons. The van der Waals surface area contributed by atoms with Crippen molar-refractivity contribution in [1.29, 1.82) is 0 Å². The second kappa shape index (κ2) is 6.04. The fraction of sp³-hybridized carbons (Fsp3) is 0.200. The number of aliphatic hydroxyl groups excluding tert-OH is 1. The zero-order chi connectivity index (χ0) is 13.8. The fourth-order valence-electron chi connectivity index (χ4n) is 1.75. The molecule has 0 heterocycles. The van der Waals surface area contributed by atoms with Crippen molar-refractivity contribution in [3.05, 3.63) is 64.4 Å². The number of benzene rings is 2. The van der Waals surface area contributed by atoms with E-state index in [0.29, 0.717) is 16.3 Å². The van der Waals surface area contributed by atoms with E-state index in [9.17, 15) is 9.50 Å². The lowest BCUT2D eigenvalue weighted by atomic mass is 10.1. The lowest BCUT2D eigenvalue weighted by molar-refractivity contribution is 0.190. The van der Waals surface area contributed by atoms with Crippen molar-refractivity contribution < 1.29 is 14.2 Å². The molecule has 0 aliphatic rings. The summed E-state index contributed by atoms with van der Waals surface area (Å²) in [5.74, 6) is -0.0755. The van der Waals surface area contributed by atoms with Crippen LogP contribution in [0.4, 0.5) is 4.39 Å². The molecule has 1 atom stereocenters. The van der Waals surface area contributed by atoms with Crippen LogP contribution in [0, 0.1) is 5.82 Å². The molecule has 2 nitrogen and oxygen atoms in total. The smallest absolute Gasteiger partial charge is 0.128 e. The molecular weight excluding hydrogens is 267 g/mol. The van der Waals surface area contributed by atoms with Gasteiger partial charge in [-0.05, 0) is 25.1 Å². The second-order valence-electron chi connectivity index (χ2n) is 4.24. The standard InChI is InChI=1S/C15H14ClFO2/c1-10(18)13-7-6-12(17)8-15(13)19-9-11-4-2-3-5-14(11)16/h2-8,10,18H,9H2,1H3/t10-/m1/s1. The van der Waals surface area contributed by atoms with E-state index in [-0.39, 0.29) is 6.61 Å². The van der Waals surface area contributed by atoms with Gasteiger partial charge in [-0.3, -0.25) is 0 Å². The van der Waals surface area contributed by atoms with Gasteiger partial charge in [-0.2, -0.15) is 0 Å². The number of aliphatic hydroxyl groups is 1. The molecule has 0 unspecified atom stereocenters. The van der Waals surface area contributed by atoms with Gasteiger partial charge in [0.15, 0.2) is 0 Å². The highest BCUT2D eigenvalue weighted by Crippen LogP contribution is 2.27. The van der Waals surface area contributed by atoms with Crippen molar-refractivity contribution in [3.63, 3.8) is 0 Å². The van der Waals surface area contributed by atoms with Crippen LogP contribution in [0.3, 0.4) is 0 Å². The Morgan fingerprint density at radius 1 is 1.26 bits per heavy atom. The minimum absolute atomic E-state index is 0.225. The molecule has 1 N–H and O–H groups in total. The third kappa shape index (κ3) is 3.46. The number of hydrogen-bond acceptors (Lipinski definition) is 2. The highest BCUT2D eigenvalue weighted by molar-refractivity contribution is 6.31. The normalized spacial score (nSPS) is 12.2. The molecular formula is C15H14ClFO2. The van der Waals surface area contributed by atoms with E-state index < -0.39 is 11.9 Å². The van der Waals surface area contributed by atoms with Gasteiger partial charge >= 0.3 is 0 Å². The Kier molecular flexibility index (Phi) is 4.40. The van der Waals surface area contributed by atoms with Crippen molar-refractivity contribution in [2.75, 3.05) is 0 Å². The first-order chi connectivity index (χ1) is 9.08. The number of ether oxygens (including phenoxy) is 1. The number of halogens is 2. The van der Waals surface area contributed by atoms with Gasteiger partial charge < -0.3 is 9.84 Å². The van der Waals surface area contributed by atoms with Crippen molar-refractivity contribution in [1.82, 2.24) is 0 Å². The molecule has 19 heavy (non-hydrogen) atoms. The van der Waals surface area contributed by atoms with Gasteiger partial charge in [-0.15, -0.1) is 0 Å². The maximum absolute atomic E-state index is 13.2. The summed E-state index contributed by atoms with van der Waals surface area (Å²) in [4.78, 5) is 0. The summed E-state index contributed by atoms with van der Waals surface area (Å²) in [7, 11) is 0. The van der Waals surface area contributed by atoms with E-state index in [1.165, 1.54) is 18.2 Å². The van der Waals surface area contributed by atoms with Crippen LogP contribution >= 0.6 is 11.6 Å². The summed E-state index contributed by atoms with van der Waals surface area (Å²) in [6.07, 6.45) is -0.721. The third-order valence-electron chi connectivity index (χ3n) is 2.77. The van der Waals surface area contributed by atoms with Crippen LogP contribution < -0.4 is 4.74 Å². The predicted molar refractivity (Wildman–Crippen MR) is 72.8 cm³/mol. The maximum Gasteiger partial charge on any atom is 0.128 e. The quantitative estimate of drug-likeness (QED) is 0.913. The molecule has 0 aliphatic carbocycles. The first kappa shape index (κ1) is 13.8. The summed E-state index contributed by atoms with van der Waals surface area (Å²) in [6.45, 7) is 1.83. The van der Waals surface area contributed by atoms with Crippen LogP contribution in [0.1, 0.15) is 24.2 Å². The molecule has 2 aromatic carbocycles. The van der Waals surface area contributed by atoms with Crippen molar-refractivity contribution in [3.8, 4) is 5.75 Å². The lowest BCUT2D eigenvalue weighted by Gasteiger charge is -2.14. The first-order valence-corrected chi connectivity index (χ1v) is 6.29. The molecule has 2 rings (SSSR count). The first-order valence-electron chi connectivity index (χ1n) is 5.91. The summed E-state index contributed by atoms with van der Waals surface area (Å²) in [5, 5.41) is 10.2. The van der Waals surface area contributed by atoms with Crippen LogP contribution in [0.25, 0.3) is 0 Å². The lowest BCUT2D eigenvalue weighted by Crippen LogP contribution is -2.02. The molecule has 2 aromatic rings. The average molecular weight is 281 g/mol. The van der Waals surface area contributed by atoms with Crippen LogP contribution in [0.5, 0.6) is 5.75 Å². The van der Waals surface area contributed by atoms with E-state index in [2.05, 4.69) is 0 Å². The minimum atomic E-state index is -0.721. The Labute approximate surface area is 116 Å². The van der Waals surface area contributed by atoms with E-state index in [1.807, 2.05) is 18.2 Å². The Balaban J connectivity index is 2.19. The van der Waals surface area contributed by atoms with Crippen LogP contribution in [0.2, 0.25) is 5.02 Å². The SMILES string of the molecule is C[C@@H](O)c1ccc(F)cc1OCc1ccccc1Cl. The zero-order valence-electron chi connectivity index (χ0n) is 10.4. The van der Waals surface area contributed by atoms with Gasteiger partial charge in [-0.25, -0.2) is 4.39 Å². The Morgan fingerprint density at radius 2 is 2.00 bits per heavy atom. The van der Waals surface area contributed by atoms with E-state index in [1.54, 1.807) is 13.0 Å². The fourth-order valence-corrected chi connectivity index (χ4v) is 1.94. The van der Waals surface area contributed by atoms with E-state index in [4.69, 9.17) is 16.3 Å². The largest absolute Gasteiger partial charge is 0.488 e. The van der Waals surface area contributed by atoms with Gasteiger partial charge in [-0.1, -0.05) is 29.8 Å². The third-order valence-corrected chi connectivity index (χ3v) is 3.14. The van der Waals surface area contributed by atoms with Gasteiger partial charge in [0.25, 0.3) is 0 Å². The highest BCUT2D eigenvalue weighted by atomic mass is 35.5. The molecule has 4 heteroatoms. The number of rotatable bonds is 4. The Hall–Kier alpha value is -1.58. The van der Waals surface area contributed by atoms with E-state index >= 15 is 0 Å². The molecule has 0 fully saturated rings. The molecule has 0 radical (unpaired) electrons. The Morgan fingerprint density at radius 3 is 2.68 bits per heavy atom. The van der Waals surface area contributed by atoms with Crippen LogP contribution in [-0.2, 0) is 6.61 Å². The van der Waals surface area contributed by atoms with Gasteiger partial charge in [0.1, 0.15) is 18.2 Å². The van der Waals surface area contributed by atoms with Crippen LogP contribution in [-0.4, -0.2) is 5.11 Å². The summed E-state index contributed by atoms with van der Waals surface area (Å²) < 4.78 is 18.8. The highest BCUT2D eigenvalue weighted by Gasteiger charge is 2.11. The van der Waals surface area contributed by atoms with Crippen LogP contribution in [0.15, 0.2) is 42.5 Å². The average Bonchev–Trinajstić information content (AvgIpc) is 2.37. The topological polar surface area (TPSA) is 29.5 Å². The molecule has 0 saturated carbocycles. The van der Waals surface area contributed by atoms with Crippen molar-refractivity contribution in [2.45, 2.75) is 19.6 Å². The maximum atomic E-state index is 13.2. The van der Waals surface area contributed by atoms with Crippen molar-refractivity contribution >= 4 is 11.6 Å². The monoisotopic (exact) mass is 280 g/mol. The molecule has 0 spiro atoms. The second-order valence-corrected chi connectivity index (χ2v) is 4.65. The molecule has 0 bridgehead atoms. The van der Waals surface area contributed by atoms with Gasteiger partial charge in [0.05, 0.1) is 6.10 Å². The van der Waals surface area contributed by atoms with Crippen molar-refractivity contribution in [2.24, 2.45) is 0 Å².